The molecule has 2 aliphatic heterocycles. The van der Waals surface area contributed by atoms with E-state index in [9.17, 15) is 9.59 Å². The first-order valence-corrected chi connectivity index (χ1v) is 12.3. The topological polar surface area (TPSA) is 102 Å². The minimum Gasteiger partial charge on any atom is -0.378 e. The molecule has 9 heteroatoms. The van der Waals surface area contributed by atoms with Crippen LogP contribution in [0.2, 0.25) is 0 Å². The number of nitrogens with zero attached hydrogens (tertiary/aromatic N) is 4. The van der Waals surface area contributed by atoms with Crippen LogP contribution in [-0.2, 0) is 21.4 Å². The molecule has 34 heavy (non-hydrogen) atoms. The number of anilines is 2. The normalized spacial score (nSPS) is 18.2. The van der Waals surface area contributed by atoms with Crippen LogP contribution in [0.5, 0.6) is 0 Å². The smallest absolute Gasteiger partial charge is 0.254 e. The van der Waals surface area contributed by atoms with Crippen LogP contribution in [0, 0.1) is 0 Å². The highest BCUT2D eigenvalue weighted by atomic mass is 32.1. The van der Waals surface area contributed by atoms with Crippen molar-refractivity contribution in [1.29, 1.82) is 0 Å². The molecular weight excluding hydrogens is 450 g/mol. The Bertz CT molecular complexity index is 1260. The van der Waals surface area contributed by atoms with Gasteiger partial charge in [-0.05, 0) is 42.7 Å². The second kappa shape index (κ2) is 8.18. The fourth-order valence-electron chi connectivity index (χ4n) is 4.90. The van der Waals surface area contributed by atoms with E-state index in [1.165, 1.54) is 16.9 Å². The van der Waals surface area contributed by atoms with Crippen molar-refractivity contribution in [1.82, 2.24) is 14.9 Å². The van der Waals surface area contributed by atoms with Gasteiger partial charge in [-0.2, -0.15) is 0 Å². The number of carbonyl (C=O) groups excluding carboxylic acids is 2. The number of amides is 2. The van der Waals surface area contributed by atoms with Crippen LogP contribution in [0.3, 0.4) is 0 Å². The van der Waals surface area contributed by atoms with Crippen molar-refractivity contribution in [2.75, 3.05) is 37.7 Å². The molecule has 0 unspecified atom stereocenters. The Hall–Kier alpha value is -3.30. The molecule has 0 bridgehead atoms. The number of hydrogen-bond donors (Lipinski definition) is 1. The van der Waals surface area contributed by atoms with Gasteiger partial charge in [-0.25, -0.2) is 9.97 Å². The summed E-state index contributed by atoms with van der Waals surface area (Å²) in [6.45, 7) is 3.25. The Morgan fingerprint density at radius 2 is 1.85 bits per heavy atom. The first kappa shape index (κ1) is 21.2. The average Bonchev–Trinajstić information content (AvgIpc) is 3.38. The van der Waals surface area contributed by atoms with E-state index >= 15 is 0 Å². The van der Waals surface area contributed by atoms with E-state index < -0.39 is 0 Å². The summed E-state index contributed by atoms with van der Waals surface area (Å²) in [7, 11) is 0. The van der Waals surface area contributed by atoms with Gasteiger partial charge in [0, 0.05) is 64.0 Å². The third-order valence-corrected chi connectivity index (χ3v) is 8.03. The van der Waals surface area contributed by atoms with Crippen molar-refractivity contribution < 1.29 is 14.3 Å². The molecule has 2 N–H and O–H groups in total. The Labute approximate surface area is 201 Å². The highest BCUT2D eigenvalue weighted by molar-refractivity contribution is 7.15. The zero-order chi connectivity index (χ0) is 23.3. The monoisotopic (exact) mass is 475 g/mol. The standard InChI is InChI=1S/C25H25N5O3S/c26-22(31)12-18-2-4-21(34-18)17-13-27-24(28-14-17)30-15-25(5-6-25)19-3-1-16(11-20(19)30)23(32)29-7-9-33-10-8-29/h1-4,11,13-14H,5-10,12,15H2,(H2,26,31). The number of rotatable bonds is 5. The molecule has 0 radical (unpaired) electrons. The van der Waals surface area contributed by atoms with Crippen LogP contribution < -0.4 is 10.6 Å². The molecule has 1 saturated carbocycles. The summed E-state index contributed by atoms with van der Waals surface area (Å²) in [5.41, 5.74) is 9.37. The number of morpholine rings is 1. The van der Waals surface area contributed by atoms with Crippen molar-refractivity contribution in [3.63, 3.8) is 0 Å². The lowest BCUT2D eigenvalue weighted by Gasteiger charge is -2.27. The van der Waals surface area contributed by atoms with Crippen molar-refractivity contribution in [3.05, 3.63) is 58.7 Å². The van der Waals surface area contributed by atoms with E-state index in [0.29, 0.717) is 37.8 Å². The van der Waals surface area contributed by atoms with Gasteiger partial charge in [-0.15, -0.1) is 11.3 Å². The van der Waals surface area contributed by atoms with Crippen molar-refractivity contribution in [2.45, 2.75) is 24.7 Å². The molecule has 8 nitrogen and oxygen atoms in total. The highest BCUT2D eigenvalue weighted by Gasteiger charge is 2.52. The number of benzene rings is 1. The lowest BCUT2D eigenvalue weighted by Crippen LogP contribution is -2.40. The molecule has 0 atom stereocenters. The molecule has 3 aromatic rings. The maximum absolute atomic E-state index is 13.1. The fourth-order valence-corrected chi connectivity index (χ4v) is 5.90. The van der Waals surface area contributed by atoms with Crippen LogP contribution in [0.4, 0.5) is 11.6 Å². The number of nitrogens with two attached hydrogens (primary N) is 1. The van der Waals surface area contributed by atoms with Crippen LogP contribution in [-0.4, -0.2) is 59.5 Å². The molecule has 2 fully saturated rings. The summed E-state index contributed by atoms with van der Waals surface area (Å²) in [5, 5.41) is 0. The van der Waals surface area contributed by atoms with Crippen LogP contribution >= 0.6 is 11.3 Å². The molecule has 174 valence electrons. The van der Waals surface area contributed by atoms with Gasteiger partial charge in [0.15, 0.2) is 0 Å². The summed E-state index contributed by atoms with van der Waals surface area (Å²) in [6, 6.07) is 9.97. The van der Waals surface area contributed by atoms with E-state index in [1.54, 1.807) is 0 Å². The molecule has 6 rings (SSSR count). The van der Waals surface area contributed by atoms with Gasteiger partial charge in [0.2, 0.25) is 11.9 Å². The van der Waals surface area contributed by atoms with Gasteiger partial charge < -0.3 is 20.3 Å². The molecule has 1 aromatic carbocycles. The van der Waals surface area contributed by atoms with E-state index in [2.05, 4.69) is 20.9 Å². The number of primary amides is 1. The summed E-state index contributed by atoms with van der Waals surface area (Å²) < 4.78 is 5.39. The Balaban J connectivity index is 1.28. The Morgan fingerprint density at radius 1 is 1.09 bits per heavy atom. The third-order valence-electron chi connectivity index (χ3n) is 6.89. The Morgan fingerprint density at radius 3 is 2.56 bits per heavy atom. The van der Waals surface area contributed by atoms with Crippen LogP contribution in [0.15, 0.2) is 42.7 Å². The van der Waals surface area contributed by atoms with Gasteiger partial charge in [0.1, 0.15) is 0 Å². The summed E-state index contributed by atoms with van der Waals surface area (Å²) in [5.74, 6) is 0.343. The van der Waals surface area contributed by atoms with E-state index in [0.717, 1.165) is 40.4 Å². The maximum atomic E-state index is 13.1. The molecule has 3 aliphatic rings. The van der Waals surface area contributed by atoms with E-state index in [-0.39, 0.29) is 23.7 Å². The first-order valence-electron chi connectivity index (χ1n) is 11.5. The first-order chi connectivity index (χ1) is 16.5. The number of thiophene rings is 1. The van der Waals surface area contributed by atoms with Gasteiger partial charge in [0.25, 0.3) is 5.91 Å². The van der Waals surface area contributed by atoms with Gasteiger partial charge in [-0.1, -0.05) is 6.07 Å². The fraction of sp³-hybridized carbons (Fsp3) is 0.360. The lowest BCUT2D eigenvalue weighted by molar-refractivity contribution is -0.117. The number of aromatic nitrogens is 2. The lowest BCUT2D eigenvalue weighted by atomic mass is 9.97. The van der Waals surface area contributed by atoms with Gasteiger partial charge >= 0.3 is 0 Å². The molecule has 1 saturated heterocycles. The molecule has 1 spiro atoms. The molecule has 1 aliphatic carbocycles. The Kier molecular flexibility index (Phi) is 5.11. The van der Waals surface area contributed by atoms with Crippen LogP contribution in [0.1, 0.15) is 33.6 Å². The number of carbonyl (C=O) groups is 2. The zero-order valence-electron chi connectivity index (χ0n) is 18.7. The summed E-state index contributed by atoms with van der Waals surface area (Å²) in [4.78, 5) is 39.6. The van der Waals surface area contributed by atoms with Gasteiger partial charge in [0.05, 0.1) is 19.6 Å². The average molecular weight is 476 g/mol. The zero-order valence-corrected chi connectivity index (χ0v) is 19.5. The molecule has 2 aromatic heterocycles. The quantitative estimate of drug-likeness (QED) is 0.609. The minimum absolute atomic E-state index is 0.0449. The summed E-state index contributed by atoms with van der Waals surface area (Å²) >= 11 is 1.52. The van der Waals surface area contributed by atoms with E-state index in [1.807, 2.05) is 41.6 Å². The summed E-state index contributed by atoms with van der Waals surface area (Å²) in [6.07, 6.45) is 6.17. The minimum atomic E-state index is -0.340. The largest absolute Gasteiger partial charge is 0.378 e. The number of fused-ring (bicyclic) bond motifs is 2. The maximum Gasteiger partial charge on any atom is 0.254 e. The number of hydrogen-bond acceptors (Lipinski definition) is 7. The molecule has 2 amide bonds. The van der Waals surface area contributed by atoms with Gasteiger partial charge in [-0.3, -0.25) is 9.59 Å². The highest BCUT2D eigenvalue weighted by Crippen LogP contribution is 2.57. The van der Waals surface area contributed by atoms with Crippen molar-refractivity contribution >= 4 is 34.8 Å². The molecular formula is C25H25N5O3S. The van der Waals surface area contributed by atoms with Crippen LogP contribution in [0.25, 0.3) is 10.4 Å². The predicted molar refractivity (Wildman–Crippen MR) is 129 cm³/mol. The second-order valence-electron chi connectivity index (χ2n) is 9.18. The SMILES string of the molecule is NC(=O)Cc1ccc(-c2cnc(N3CC4(CC4)c4ccc(C(=O)N5CCOCC5)cc43)nc2)s1. The molecule has 4 heterocycles. The van der Waals surface area contributed by atoms with Crippen molar-refractivity contribution in [3.8, 4) is 10.4 Å². The second-order valence-corrected chi connectivity index (χ2v) is 10.4. The van der Waals surface area contributed by atoms with Crippen molar-refractivity contribution in [2.24, 2.45) is 5.73 Å². The third kappa shape index (κ3) is 3.74. The van der Waals surface area contributed by atoms with E-state index in [4.69, 9.17) is 10.5 Å². The predicted octanol–water partition coefficient (Wildman–Crippen LogP) is 2.89. The number of ether oxygens (including phenoxy) is 1.